The van der Waals surface area contributed by atoms with Gasteiger partial charge < -0.3 is 0 Å². The highest BCUT2D eigenvalue weighted by molar-refractivity contribution is 6.30. The van der Waals surface area contributed by atoms with Crippen molar-refractivity contribution in [1.29, 1.82) is 5.26 Å². The maximum absolute atomic E-state index is 12.7. The molecule has 1 aromatic rings. The van der Waals surface area contributed by atoms with Crippen LogP contribution in [0.3, 0.4) is 0 Å². The summed E-state index contributed by atoms with van der Waals surface area (Å²) in [5, 5.41) is 7.97. The third-order valence-electron chi connectivity index (χ3n) is 1.52. The summed E-state index contributed by atoms with van der Waals surface area (Å²) in [4.78, 5) is 2.99. The summed E-state index contributed by atoms with van der Waals surface area (Å²) < 4.78 is 37.3. The van der Waals surface area contributed by atoms with Crippen LogP contribution in [0.5, 0.6) is 0 Å². The molecule has 0 bridgehead atoms. The summed E-state index contributed by atoms with van der Waals surface area (Å²) in [7, 11) is 0. The highest BCUT2D eigenvalue weighted by atomic mass is 35.5. The van der Waals surface area contributed by atoms with Gasteiger partial charge in [-0.3, -0.25) is 0 Å². The Kier molecular flexibility index (Phi) is 3.31. The quantitative estimate of drug-likeness (QED) is 0.719. The molecule has 74 valence electrons. The first-order valence-corrected chi connectivity index (χ1v) is 3.94. The number of pyridine rings is 1. The second-order valence-electron chi connectivity index (χ2n) is 2.44. The molecule has 0 N–H and O–H groups in total. The zero-order valence-corrected chi connectivity index (χ0v) is 7.52. The van der Waals surface area contributed by atoms with Gasteiger partial charge in [0.2, 0.25) is 5.95 Å². The zero-order chi connectivity index (χ0) is 10.7. The van der Waals surface area contributed by atoms with Gasteiger partial charge in [0.25, 0.3) is 6.43 Å². The van der Waals surface area contributed by atoms with Crippen LogP contribution in [0.4, 0.5) is 13.2 Å². The number of hydrogen-bond donors (Lipinski definition) is 0. The lowest BCUT2D eigenvalue weighted by atomic mass is 10.1. The third-order valence-corrected chi connectivity index (χ3v) is 1.79. The summed E-state index contributed by atoms with van der Waals surface area (Å²) in [5.41, 5.74) is -0.776. The first-order chi connectivity index (χ1) is 6.56. The molecule has 1 heterocycles. The van der Waals surface area contributed by atoms with Crippen molar-refractivity contribution >= 4 is 11.6 Å². The lowest BCUT2D eigenvalue weighted by Crippen LogP contribution is -2.01. The minimum atomic E-state index is -2.91. The molecule has 1 aromatic heterocycles. The van der Waals surface area contributed by atoms with Gasteiger partial charge in [-0.15, -0.1) is 0 Å². The van der Waals surface area contributed by atoms with Gasteiger partial charge in [-0.2, -0.15) is 9.65 Å². The van der Waals surface area contributed by atoms with Crippen molar-refractivity contribution in [3.05, 3.63) is 28.3 Å². The Balaban J connectivity index is 3.25. The van der Waals surface area contributed by atoms with Crippen LogP contribution in [0.25, 0.3) is 0 Å². The minimum Gasteiger partial charge on any atom is -0.217 e. The minimum absolute atomic E-state index is 0.0473. The molecule has 0 aliphatic heterocycles. The molecule has 0 spiro atoms. The molecule has 6 heteroatoms. The Morgan fingerprint density at radius 2 is 2.21 bits per heavy atom. The van der Waals surface area contributed by atoms with E-state index in [1.807, 2.05) is 0 Å². The van der Waals surface area contributed by atoms with Gasteiger partial charge >= 0.3 is 0 Å². The Labute approximate surface area is 82.9 Å². The topological polar surface area (TPSA) is 36.7 Å². The smallest absolute Gasteiger partial charge is 0.217 e. The fraction of sp³-hybridized carbons (Fsp3) is 0.250. The van der Waals surface area contributed by atoms with Crippen molar-refractivity contribution < 1.29 is 13.2 Å². The van der Waals surface area contributed by atoms with Crippen LogP contribution in [0.15, 0.2) is 6.07 Å². The predicted octanol–water partition coefficient (Wildman–Crippen LogP) is 2.88. The Morgan fingerprint density at radius 3 is 2.71 bits per heavy atom. The lowest BCUT2D eigenvalue weighted by molar-refractivity contribution is 0.143. The number of halogens is 4. The van der Waals surface area contributed by atoms with Crippen LogP contribution in [0.2, 0.25) is 5.02 Å². The number of hydrogen-bond acceptors (Lipinski definition) is 2. The highest BCUT2D eigenvalue weighted by Gasteiger charge is 2.17. The highest BCUT2D eigenvalue weighted by Crippen LogP contribution is 2.25. The van der Waals surface area contributed by atoms with Crippen molar-refractivity contribution in [2.45, 2.75) is 12.8 Å². The number of aromatic nitrogens is 1. The summed E-state index contributed by atoms with van der Waals surface area (Å²) in [6.07, 6.45) is -3.18. The molecule has 0 aliphatic carbocycles. The van der Waals surface area contributed by atoms with Crippen LogP contribution in [-0.2, 0) is 6.42 Å². The van der Waals surface area contributed by atoms with E-state index < -0.39 is 18.1 Å². The average Bonchev–Trinajstić information content (AvgIpc) is 2.11. The monoisotopic (exact) mass is 220 g/mol. The predicted molar refractivity (Wildman–Crippen MR) is 43.5 cm³/mol. The first kappa shape index (κ1) is 10.8. The number of nitriles is 1. The molecule has 0 radical (unpaired) electrons. The summed E-state index contributed by atoms with van der Waals surface area (Å²) in [6, 6.07) is 2.67. The van der Waals surface area contributed by atoms with Gasteiger partial charge in [-0.05, 0) is 11.6 Å². The van der Waals surface area contributed by atoms with E-state index >= 15 is 0 Å². The van der Waals surface area contributed by atoms with Gasteiger partial charge in [0.05, 0.1) is 17.5 Å². The molecular weight excluding hydrogens is 217 g/mol. The second-order valence-corrected chi connectivity index (χ2v) is 2.85. The largest absolute Gasteiger partial charge is 0.280 e. The van der Waals surface area contributed by atoms with E-state index in [1.54, 1.807) is 6.07 Å². The first-order valence-electron chi connectivity index (χ1n) is 3.56. The Morgan fingerprint density at radius 1 is 1.57 bits per heavy atom. The SMILES string of the molecule is N#CCc1cc(Cl)c(F)nc1C(F)F. The van der Waals surface area contributed by atoms with E-state index in [0.717, 1.165) is 6.07 Å². The molecule has 0 saturated carbocycles. The molecule has 0 saturated heterocycles. The molecule has 0 amide bonds. The van der Waals surface area contributed by atoms with Gasteiger partial charge in [0.1, 0.15) is 5.69 Å². The van der Waals surface area contributed by atoms with Crippen LogP contribution in [-0.4, -0.2) is 4.98 Å². The summed E-state index contributed by atoms with van der Waals surface area (Å²) >= 11 is 5.33. The Hall–Kier alpha value is -1.28. The molecule has 0 unspecified atom stereocenters. The normalized spacial score (nSPS) is 10.3. The van der Waals surface area contributed by atoms with Gasteiger partial charge in [0.15, 0.2) is 0 Å². The van der Waals surface area contributed by atoms with Crippen LogP contribution < -0.4 is 0 Å². The molecular formula is C8H4ClF3N2. The van der Waals surface area contributed by atoms with Gasteiger partial charge in [0, 0.05) is 0 Å². The van der Waals surface area contributed by atoms with E-state index in [0.29, 0.717) is 0 Å². The molecule has 0 aromatic carbocycles. The zero-order valence-electron chi connectivity index (χ0n) is 6.77. The maximum atomic E-state index is 12.7. The molecule has 14 heavy (non-hydrogen) atoms. The maximum Gasteiger partial charge on any atom is 0.280 e. The van der Waals surface area contributed by atoms with Crippen LogP contribution >= 0.6 is 11.6 Å². The van der Waals surface area contributed by atoms with E-state index in [-0.39, 0.29) is 17.0 Å². The standard InChI is InChI=1S/C8H4ClF3N2/c9-5-3-4(1-2-13)6(7(10)11)14-8(5)12/h3,7H,1H2. The molecule has 0 atom stereocenters. The van der Waals surface area contributed by atoms with Crippen LogP contribution in [0, 0.1) is 17.3 Å². The van der Waals surface area contributed by atoms with E-state index in [4.69, 9.17) is 16.9 Å². The molecule has 0 aliphatic rings. The van der Waals surface area contributed by atoms with Gasteiger partial charge in [-0.25, -0.2) is 13.8 Å². The van der Waals surface area contributed by atoms with Crippen molar-refractivity contribution in [3.8, 4) is 6.07 Å². The van der Waals surface area contributed by atoms with E-state index in [2.05, 4.69) is 4.98 Å². The summed E-state index contributed by atoms with van der Waals surface area (Å²) in [5.74, 6) is -1.15. The van der Waals surface area contributed by atoms with Crippen molar-refractivity contribution in [2.75, 3.05) is 0 Å². The van der Waals surface area contributed by atoms with Crippen molar-refractivity contribution in [1.82, 2.24) is 4.98 Å². The van der Waals surface area contributed by atoms with Crippen molar-refractivity contribution in [3.63, 3.8) is 0 Å². The molecule has 2 nitrogen and oxygen atoms in total. The van der Waals surface area contributed by atoms with Crippen LogP contribution in [0.1, 0.15) is 17.7 Å². The fourth-order valence-electron chi connectivity index (χ4n) is 0.933. The second kappa shape index (κ2) is 4.29. The fourth-order valence-corrected chi connectivity index (χ4v) is 1.11. The third kappa shape index (κ3) is 2.15. The lowest BCUT2D eigenvalue weighted by Gasteiger charge is -2.05. The Bertz CT molecular complexity index is 387. The van der Waals surface area contributed by atoms with E-state index in [9.17, 15) is 13.2 Å². The van der Waals surface area contributed by atoms with Gasteiger partial charge in [-0.1, -0.05) is 11.6 Å². The number of nitrogens with zero attached hydrogens (tertiary/aromatic N) is 2. The number of rotatable bonds is 2. The molecule has 0 fully saturated rings. The molecule has 1 rings (SSSR count). The van der Waals surface area contributed by atoms with E-state index in [1.165, 1.54) is 0 Å². The van der Waals surface area contributed by atoms with Crippen molar-refractivity contribution in [2.24, 2.45) is 0 Å². The average molecular weight is 221 g/mol. The summed E-state index contributed by atoms with van der Waals surface area (Å²) in [6.45, 7) is 0. The number of alkyl halides is 2.